The topological polar surface area (TPSA) is 60.5 Å². The zero-order chi connectivity index (χ0) is 13.9. The SMILES string of the molecule is COCCOc1ncccc1NC(=O)[C@@H]1CC1(Cl)Cl. The molecule has 0 saturated heterocycles. The van der Waals surface area contributed by atoms with Gasteiger partial charge in [-0.15, -0.1) is 23.2 Å². The molecule has 0 aliphatic heterocycles. The van der Waals surface area contributed by atoms with Gasteiger partial charge in [0.2, 0.25) is 11.8 Å². The van der Waals surface area contributed by atoms with Gasteiger partial charge in [0.15, 0.2) is 0 Å². The van der Waals surface area contributed by atoms with Gasteiger partial charge in [0.05, 0.1) is 12.5 Å². The van der Waals surface area contributed by atoms with Gasteiger partial charge in [0.1, 0.15) is 16.6 Å². The molecule has 5 nitrogen and oxygen atoms in total. The van der Waals surface area contributed by atoms with Crippen molar-refractivity contribution in [3.8, 4) is 5.88 Å². The van der Waals surface area contributed by atoms with Crippen LogP contribution in [0.5, 0.6) is 5.88 Å². The van der Waals surface area contributed by atoms with Gasteiger partial charge in [-0.3, -0.25) is 4.79 Å². The standard InChI is InChI=1S/C12H14Cl2N2O3/c1-18-5-6-19-11-9(3-2-4-15-11)16-10(17)8-7-12(8,13)14/h2-4,8H,5-7H2,1H3,(H,16,17)/t8-/m0/s1. The van der Waals surface area contributed by atoms with Crippen LogP contribution in [0.25, 0.3) is 0 Å². The minimum absolute atomic E-state index is 0.227. The van der Waals surface area contributed by atoms with Gasteiger partial charge in [0, 0.05) is 13.3 Å². The summed E-state index contributed by atoms with van der Waals surface area (Å²) < 4.78 is 9.36. The normalized spacial score (nSPS) is 19.8. The van der Waals surface area contributed by atoms with Crippen molar-refractivity contribution in [2.45, 2.75) is 10.8 Å². The summed E-state index contributed by atoms with van der Waals surface area (Å²) in [4.78, 5) is 15.9. The number of methoxy groups -OCH3 is 1. The second kappa shape index (κ2) is 5.94. The van der Waals surface area contributed by atoms with Crippen molar-refractivity contribution in [1.29, 1.82) is 0 Å². The molecule has 0 radical (unpaired) electrons. The molecule has 1 amide bonds. The minimum Gasteiger partial charge on any atom is -0.474 e. The molecule has 0 aromatic carbocycles. The van der Waals surface area contributed by atoms with E-state index in [0.717, 1.165) is 0 Å². The fraction of sp³-hybridized carbons (Fsp3) is 0.500. The number of hydrogen-bond acceptors (Lipinski definition) is 4. The van der Waals surface area contributed by atoms with Crippen molar-refractivity contribution in [2.75, 3.05) is 25.6 Å². The lowest BCUT2D eigenvalue weighted by atomic mass is 10.3. The van der Waals surface area contributed by atoms with Crippen molar-refractivity contribution in [2.24, 2.45) is 5.92 Å². The lowest BCUT2D eigenvalue weighted by Crippen LogP contribution is -2.18. The largest absolute Gasteiger partial charge is 0.474 e. The van der Waals surface area contributed by atoms with Crippen LogP contribution in [0.3, 0.4) is 0 Å². The molecule has 1 heterocycles. The van der Waals surface area contributed by atoms with Gasteiger partial charge in [-0.2, -0.15) is 0 Å². The number of pyridine rings is 1. The molecule has 0 bridgehead atoms. The highest BCUT2D eigenvalue weighted by Crippen LogP contribution is 2.53. The van der Waals surface area contributed by atoms with E-state index in [1.165, 1.54) is 0 Å². The molecule has 1 saturated carbocycles. The fourth-order valence-corrected chi connectivity index (χ4v) is 2.05. The van der Waals surface area contributed by atoms with E-state index >= 15 is 0 Å². The van der Waals surface area contributed by atoms with E-state index in [9.17, 15) is 4.79 Å². The number of hydrogen-bond donors (Lipinski definition) is 1. The van der Waals surface area contributed by atoms with Crippen molar-refractivity contribution >= 4 is 34.8 Å². The molecule has 1 aliphatic rings. The highest BCUT2D eigenvalue weighted by atomic mass is 35.5. The lowest BCUT2D eigenvalue weighted by molar-refractivity contribution is -0.117. The Kier molecular flexibility index (Phi) is 4.50. The summed E-state index contributed by atoms with van der Waals surface area (Å²) in [7, 11) is 1.58. The first-order chi connectivity index (χ1) is 9.04. The number of ether oxygens (including phenoxy) is 2. The number of carbonyl (C=O) groups excluding carboxylic acids is 1. The predicted molar refractivity (Wildman–Crippen MR) is 72.8 cm³/mol. The Bertz CT molecular complexity index is 468. The zero-order valence-corrected chi connectivity index (χ0v) is 11.9. The van der Waals surface area contributed by atoms with E-state index in [1.807, 2.05) is 0 Å². The molecule has 1 aromatic rings. The monoisotopic (exact) mass is 304 g/mol. The Balaban J connectivity index is 1.97. The Labute approximate surface area is 121 Å². The summed E-state index contributed by atoms with van der Waals surface area (Å²) in [5, 5.41) is 2.72. The Morgan fingerprint density at radius 2 is 2.32 bits per heavy atom. The van der Waals surface area contributed by atoms with Crippen molar-refractivity contribution in [3.05, 3.63) is 18.3 Å². The summed E-state index contributed by atoms with van der Waals surface area (Å²) in [5.74, 6) is -0.263. The lowest BCUT2D eigenvalue weighted by Gasteiger charge is -2.11. The van der Waals surface area contributed by atoms with E-state index in [-0.39, 0.29) is 11.8 Å². The molecule has 1 atom stereocenters. The van der Waals surface area contributed by atoms with E-state index in [2.05, 4.69) is 10.3 Å². The molecule has 1 aliphatic carbocycles. The van der Waals surface area contributed by atoms with Crippen LogP contribution in [0.15, 0.2) is 18.3 Å². The third-order valence-electron chi connectivity index (χ3n) is 2.70. The van der Waals surface area contributed by atoms with Crippen molar-refractivity contribution in [3.63, 3.8) is 0 Å². The Morgan fingerprint density at radius 1 is 1.58 bits per heavy atom. The minimum atomic E-state index is -0.941. The molecule has 0 spiro atoms. The van der Waals surface area contributed by atoms with Crippen LogP contribution in [0.2, 0.25) is 0 Å². The molecule has 19 heavy (non-hydrogen) atoms. The number of rotatable bonds is 6. The van der Waals surface area contributed by atoms with Crippen LogP contribution >= 0.6 is 23.2 Å². The summed E-state index contributed by atoms with van der Waals surface area (Å²) in [6.45, 7) is 0.799. The van der Waals surface area contributed by atoms with Crippen LogP contribution in [0.4, 0.5) is 5.69 Å². The second-order valence-electron chi connectivity index (χ2n) is 4.20. The molecule has 1 aromatic heterocycles. The molecule has 1 N–H and O–H groups in total. The van der Waals surface area contributed by atoms with Gasteiger partial charge in [-0.25, -0.2) is 4.98 Å². The average molecular weight is 305 g/mol. The quantitative estimate of drug-likeness (QED) is 0.647. The molecule has 2 rings (SSSR count). The van der Waals surface area contributed by atoms with Crippen molar-refractivity contribution < 1.29 is 14.3 Å². The summed E-state index contributed by atoms with van der Waals surface area (Å²) >= 11 is 11.7. The van der Waals surface area contributed by atoms with Gasteiger partial charge in [-0.05, 0) is 18.6 Å². The molecule has 7 heteroatoms. The number of nitrogens with zero attached hydrogens (tertiary/aromatic N) is 1. The Hall–Kier alpha value is -1.04. The smallest absolute Gasteiger partial charge is 0.237 e. The molecular formula is C12H14Cl2N2O3. The maximum Gasteiger partial charge on any atom is 0.237 e. The van der Waals surface area contributed by atoms with Crippen LogP contribution < -0.4 is 10.1 Å². The van der Waals surface area contributed by atoms with Crippen LogP contribution in [0, 0.1) is 5.92 Å². The number of carbonyl (C=O) groups is 1. The second-order valence-corrected chi connectivity index (χ2v) is 5.75. The zero-order valence-electron chi connectivity index (χ0n) is 10.4. The maximum atomic E-state index is 11.9. The Morgan fingerprint density at radius 3 is 2.95 bits per heavy atom. The van der Waals surface area contributed by atoms with E-state index in [1.54, 1.807) is 25.4 Å². The summed E-state index contributed by atoms with van der Waals surface area (Å²) in [5.41, 5.74) is 0.500. The number of aromatic nitrogens is 1. The van der Waals surface area contributed by atoms with Gasteiger partial charge in [-0.1, -0.05) is 0 Å². The first-order valence-electron chi connectivity index (χ1n) is 5.80. The first kappa shape index (κ1) is 14.4. The van der Waals surface area contributed by atoms with Gasteiger partial charge in [0.25, 0.3) is 0 Å². The van der Waals surface area contributed by atoms with Gasteiger partial charge < -0.3 is 14.8 Å². The molecule has 104 valence electrons. The third kappa shape index (κ3) is 3.72. The number of anilines is 1. The van der Waals surface area contributed by atoms with E-state index in [0.29, 0.717) is 31.2 Å². The highest BCUT2D eigenvalue weighted by Gasteiger charge is 2.56. The number of halogens is 2. The number of nitrogens with one attached hydrogen (secondary N) is 1. The first-order valence-corrected chi connectivity index (χ1v) is 6.55. The summed E-state index contributed by atoms with van der Waals surface area (Å²) in [6, 6.07) is 3.42. The molecular weight excluding hydrogens is 291 g/mol. The average Bonchev–Trinajstić information content (AvgIpc) is 3.01. The molecule has 0 unspecified atom stereocenters. The van der Waals surface area contributed by atoms with Crippen LogP contribution in [0.1, 0.15) is 6.42 Å². The van der Waals surface area contributed by atoms with Crippen LogP contribution in [-0.4, -0.2) is 35.5 Å². The van der Waals surface area contributed by atoms with Crippen molar-refractivity contribution in [1.82, 2.24) is 4.98 Å². The van der Waals surface area contributed by atoms with Crippen LogP contribution in [-0.2, 0) is 9.53 Å². The molecule has 1 fully saturated rings. The summed E-state index contributed by atoms with van der Waals surface area (Å²) in [6.07, 6.45) is 2.05. The third-order valence-corrected chi connectivity index (χ3v) is 3.53. The number of alkyl halides is 2. The van der Waals surface area contributed by atoms with E-state index in [4.69, 9.17) is 32.7 Å². The van der Waals surface area contributed by atoms with Gasteiger partial charge >= 0.3 is 0 Å². The number of amides is 1. The van der Waals surface area contributed by atoms with E-state index < -0.39 is 4.33 Å². The fourth-order valence-electron chi connectivity index (χ4n) is 1.54. The maximum absolute atomic E-state index is 11.9. The highest BCUT2D eigenvalue weighted by molar-refractivity contribution is 6.52. The predicted octanol–water partition coefficient (Wildman–Crippen LogP) is 2.24.